The highest BCUT2D eigenvalue weighted by Gasteiger charge is 2.21. The van der Waals surface area contributed by atoms with Crippen molar-refractivity contribution in [2.24, 2.45) is 0 Å². The van der Waals surface area contributed by atoms with Gasteiger partial charge >= 0.3 is 5.97 Å². The van der Waals surface area contributed by atoms with Crippen LogP contribution in [-0.4, -0.2) is 37.7 Å². The van der Waals surface area contributed by atoms with Gasteiger partial charge in [0.1, 0.15) is 17.1 Å². The van der Waals surface area contributed by atoms with Gasteiger partial charge in [0.2, 0.25) is 5.78 Å². The maximum Gasteiger partial charge on any atom is 0.356 e. The molecule has 0 radical (unpaired) electrons. The molecule has 0 unspecified atom stereocenters. The van der Waals surface area contributed by atoms with Crippen LogP contribution in [0, 0.1) is 0 Å². The SMILES string of the molecule is COCOc1c(C(=O)c2cccc(C(=O)OC)n2)cccc1C(C)C. The van der Waals surface area contributed by atoms with E-state index in [4.69, 9.17) is 9.47 Å². The van der Waals surface area contributed by atoms with Crippen LogP contribution >= 0.6 is 0 Å². The molecule has 25 heavy (non-hydrogen) atoms. The summed E-state index contributed by atoms with van der Waals surface area (Å²) in [4.78, 5) is 28.7. The van der Waals surface area contributed by atoms with E-state index < -0.39 is 5.97 Å². The molecule has 0 saturated carbocycles. The number of hydrogen-bond acceptors (Lipinski definition) is 6. The molecule has 6 nitrogen and oxygen atoms in total. The summed E-state index contributed by atoms with van der Waals surface area (Å²) in [5.41, 5.74) is 1.49. The Morgan fingerprint density at radius 3 is 2.36 bits per heavy atom. The Labute approximate surface area is 146 Å². The van der Waals surface area contributed by atoms with Crippen molar-refractivity contribution in [1.29, 1.82) is 0 Å². The van der Waals surface area contributed by atoms with Gasteiger partial charge < -0.3 is 14.2 Å². The standard InChI is InChI=1S/C19H21NO5/c1-12(2)13-7-5-8-14(18(13)25-11-23-3)17(21)15-9-6-10-16(20-15)19(22)24-4/h5-10,12H,11H2,1-4H3. The van der Waals surface area contributed by atoms with E-state index in [-0.39, 0.29) is 29.9 Å². The van der Waals surface area contributed by atoms with Gasteiger partial charge in [-0.05, 0) is 29.7 Å². The van der Waals surface area contributed by atoms with Crippen molar-refractivity contribution >= 4 is 11.8 Å². The number of ether oxygens (including phenoxy) is 3. The number of esters is 1. The lowest BCUT2D eigenvalue weighted by molar-refractivity contribution is 0.0494. The van der Waals surface area contributed by atoms with Gasteiger partial charge in [-0.25, -0.2) is 9.78 Å². The third-order valence-electron chi connectivity index (χ3n) is 3.61. The Morgan fingerprint density at radius 2 is 1.72 bits per heavy atom. The number of hydrogen-bond donors (Lipinski definition) is 0. The minimum atomic E-state index is -0.596. The minimum Gasteiger partial charge on any atom is -0.466 e. The van der Waals surface area contributed by atoms with Crippen LogP contribution in [0.1, 0.15) is 51.9 Å². The van der Waals surface area contributed by atoms with Crippen LogP contribution in [0.2, 0.25) is 0 Å². The Balaban J connectivity index is 2.48. The van der Waals surface area contributed by atoms with Gasteiger partial charge in [0, 0.05) is 7.11 Å². The third-order valence-corrected chi connectivity index (χ3v) is 3.61. The monoisotopic (exact) mass is 343 g/mol. The summed E-state index contributed by atoms with van der Waals surface area (Å²) in [5.74, 6) is -0.301. The van der Waals surface area contributed by atoms with E-state index in [1.807, 2.05) is 19.9 Å². The molecular formula is C19H21NO5. The first-order valence-electron chi connectivity index (χ1n) is 7.84. The number of rotatable bonds is 7. The van der Waals surface area contributed by atoms with Crippen LogP contribution in [-0.2, 0) is 9.47 Å². The first-order chi connectivity index (χ1) is 12.0. The molecule has 0 bridgehead atoms. The lowest BCUT2D eigenvalue weighted by atomic mass is 9.96. The fourth-order valence-electron chi connectivity index (χ4n) is 2.38. The van der Waals surface area contributed by atoms with Gasteiger partial charge in [-0.1, -0.05) is 32.0 Å². The Kier molecular flexibility index (Phi) is 6.25. The molecule has 2 aromatic rings. The number of carbonyl (C=O) groups is 2. The molecule has 0 spiro atoms. The van der Waals surface area contributed by atoms with E-state index in [0.717, 1.165) is 5.56 Å². The molecule has 0 aliphatic carbocycles. The highest BCUT2D eigenvalue weighted by molar-refractivity contribution is 6.10. The Hall–Kier alpha value is -2.73. The number of nitrogens with zero attached hydrogens (tertiary/aromatic N) is 1. The van der Waals surface area contributed by atoms with Crippen LogP contribution < -0.4 is 4.74 Å². The van der Waals surface area contributed by atoms with Crippen molar-refractivity contribution in [3.05, 3.63) is 58.9 Å². The molecule has 6 heteroatoms. The van der Waals surface area contributed by atoms with Crippen molar-refractivity contribution in [1.82, 2.24) is 4.98 Å². The van der Waals surface area contributed by atoms with Crippen LogP contribution in [0.25, 0.3) is 0 Å². The predicted molar refractivity (Wildman–Crippen MR) is 92.0 cm³/mol. The van der Waals surface area contributed by atoms with E-state index in [1.165, 1.54) is 20.3 Å². The van der Waals surface area contributed by atoms with Gasteiger partial charge in [-0.2, -0.15) is 0 Å². The second-order valence-electron chi connectivity index (χ2n) is 5.66. The smallest absolute Gasteiger partial charge is 0.356 e. The number of aromatic nitrogens is 1. The molecule has 2 rings (SSSR count). The average Bonchev–Trinajstić information content (AvgIpc) is 2.64. The van der Waals surface area contributed by atoms with Gasteiger partial charge in [-0.15, -0.1) is 0 Å². The number of methoxy groups -OCH3 is 2. The summed E-state index contributed by atoms with van der Waals surface area (Å²) >= 11 is 0. The quantitative estimate of drug-likeness (QED) is 0.437. The van der Waals surface area contributed by atoms with E-state index in [2.05, 4.69) is 9.72 Å². The predicted octanol–water partition coefficient (Wildman–Crippen LogP) is 3.21. The summed E-state index contributed by atoms with van der Waals surface area (Å²) in [7, 11) is 2.78. The maximum atomic E-state index is 12.9. The normalized spacial score (nSPS) is 10.6. The summed E-state index contributed by atoms with van der Waals surface area (Å²) < 4.78 is 15.3. The molecular weight excluding hydrogens is 322 g/mol. The van der Waals surface area contributed by atoms with Gasteiger partial charge in [-0.3, -0.25) is 4.79 Å². The highest BCUT2D eigenvalue weighted by atomic mass is 16.7. The first kappa shape index (κ1) is 18.6. The van der Waals surface area contributed by atoms with E-state index in [0.29, 0.717) is 11.3 Å². The van der Waals surface area contributed by atoms with Gasteiger partial charge in [0.25, 0.3) is 0 Å². The zero-order valence-corrected chi connectivity index (χ0v) is 14.7. The maximum absolute atomic E-state index is 12.9. The van der Waals surface area contributed by atoms with Crippen LogP contribution in [0.5, 0.6) is 5.75 Å². The molecule has 0 saturated heterocycles. The number of ketones is 1. The summed E-state index contributed by atoms with van der Waals surface area (Å²) in [6.07, 6.45) is 0. The molecule has 0 amide bonds. The molecule has 1 aromatic carbocycles. The summed E-state index contributed by atoms with van der Waals surface area (Å²) in [6, 6.07) is 10.0. The van der Waals surface area contributed by atoms with Crippen molar-refractivity contribution < 1.29 is 23.8 Å². The molecule has 1 heterocycles. The third kappa shape index (κ3) is 4.22. The van der Waals surface area contributed by atoms with Crippen LogP contribution in [0.15, 0.2) is 36.4 Å². The zero-order chi connectivity index (χ0) is 18.4. The lowest BCUT2D eigenvalue weighted by Crippen LogP contribution is -2.13. The van der Waals surface area contributed by atoms with Crippen LogP contribution in [0.4, 0.5) is 0 Å². The second-order valence-corrected chi connectivity index (χ2v) is 5.66. The molecule has 0 fully saturated rings. The van der Waals surface area contributed by atoms with Crippen LogP contribution in [0.3, 0.4) is 0 Å². The van der Waals surface area contributed by atoms with E-state index in [1.54, 1.807) is 24.3 Å². The molecule has 132 valence electrons. The lowest BCUT2D eigenvalue weighted by Gasteiger charge is -2.17. The second kappa shape index (κ2) is 8.39. The number of para-hydroxylation sites is 1. The molecule has 0 atom stereocenters. The van der Waals surface area contributed by atoms with Crippen molar-refractivity contribution in [3.63, 3.8) is 0 Å². The Bertz CT molecular complexity index is 770. The number of benzene rings is 1. The average molecular weight is 343 g/mol. The molecule has 0 aliphatic heterocycles. The largest absolute Gasteiger partial charge is 0.466 e. The van der Waals surface area contributed by atoms with Gasteiger partial charge in [0.15, 0.2) is 6.79 Å². The fourth-order valence-corrected chi connectivity index (χ4v) is 2.38. The van der Waals surface area contributed by atoms with E-state index in [9.17, 15) is 9.59 Å². The summed E-state index contributed by atoms with van der Waals surface area (Å²) in [6.45, 7) is 4.05. The minimum absolute atomic E-state index is 0.0274. The number of carbonyl (C=O) groups excluding carboxylic acids is 2. The Morgan fingerprint density at radius 1 is 1.04 bits per heavy atom. The van der Waals surface area contributed by atoms with Crippen molar-refractivity contribution in [2.75, 3.05) is 21.0 Å². The number of pyridine rings is 1. The zero-order valence-electron chi connectivity index (χ0n) is 14.7. The van der Waals surface area contributed by atoms with Crippen molar-refractivity contribution in [3.8, 4) is 5.75 Å². The highest BCUT2D eigenvalue weighted by Crippen LogP contribution is 2.31. The fraction of sp³-hybridized carbons (Fsp3) is 0.316. The first-order valence-corrected chi connectivity index (χ1v) is 7.84. The van der Waals surface area contributed by atoms with E-state index >= 15 is 0 Å². The van der Waals surface area contributed by atoms with Crippen molar-refractivity contribution in [2.45, 2.75) is 19.8 Å². The summed E-state index contributed by atoms with van der Waals surface area (Å²) in [5, 5.41) is 0. The molecule has 1 aromatic heterocycles. The molecule has 0 aliphatic rings. The topological polar surface area (TPSA) is 74.7 Å². The van der Waals surface area contributed by atoms with Gasteiger partial charge in [0.05, 0.1) is 12.7 Å². The molecule has 0 N–H and O–H groups in total.